The number of Topliss-reactive ketones (excluding diaryl/α,β-unsaturated/α-hetero) is 1. The van der Waals surface area contributed by atoms with E-state index in [1.165, 1.54) is 0 Å². The Balaban J connectivity index is 4.05. The molecule has 1 nitrogen and oxygen atoms in total. The van der Waals surface area contributed by atoms with Gasteiger partial charge in [-0.2, -0.15) is 0 Å². The van der Waals surface area contributed by atoms with Crippen molar-refractivity contribution in [2.45, 2.75) is 27.2 Å². The molecule has 0 heterocycles. The number of carbonyl (C=O) groups is 1. The molecule has 0 amide bonds. The smallest absolute Gasteiger partial charge is 0.158 e. The lowest BCUT2D eigenvalue weighted by atomic mass is 10.1. The molecule has 0 aliphatic rings. The first-order valence-electron chi connectivity index (χ1n) is 3.55. The van der Waals surface area contributed by atoms with Crippen molar-refractivity contribution >= 4 is 5.78 Å². The maximum absolute atomic E-state index is 10.9. The minimum Gasteiger partial charge on any atom is -0.295 e. The van der Waals surface area contributed by atoms with E-state index in [1.54, 1.807) is 0 Å². The summed E-state index contributed by atoms with van der Waals surface area (Å²) in [5.41, 5.74) is 0.834. The van der Waals surface area contributed by atoms with Crippen LogP contribution in [0.25, 0.3) is 0 Å². The molecule has 0 aromatic rings. The van der Waals surface area contributed by atoms with E-state index in [4.69, 9.17) is 0 Å². The normalized spacial score (nSPS) is 12.5. The van der Waals surface area contributed by atoms with Gasteiger partial charge in [-0.25, -0.2) is 0 Å². The van der Waals surface area contributed by atoms with Crippen molar-refractivity contribution in [3.05, 3.63) is 23.8 Å². The second kappa shape index (κ2) is 4.98. The van der Waals surface area contributed by atoms with Crippen molar-refractivity contribution in [2.75, 3.05) is 0 Å². The monoisotopic (exact) mass is 138 g/mol. The lowest BCUT2D eigenvalue weighted by Crippen LogP contribution is -1.95. The molecule has 0 aliphatic heterocycles. The first-order valence-corrected chi connectivity index (χ1v) is 3.55. The molecule has 0 spiro atoms. The van der Waals surface area contributed by atoms with Gasteiger partial charge in [-0.15, -0.1) is 0 Å². The van der Waals surface area contributed by atoms with E-state index in [-0.39, 0.29) is 5.78 Å². The largest absolute Gasteiger partial charge is 0.295 e. The second-order valence-corrected chi connectivity index (χ2v) is 2.15. The molecule has 0 saturated carbocycles. The van der Waals surface area contributed by atoms with E-state index in [0.29, 0.717) is 6.42 Å². The molecule has 0 aliphatic carbocycles. The van der Waals surface area contributed by atoms with Gasteiger partial charge >= 0.3 is 0 Å². The first kappa shape index (κ1) is 9.15. The fourth-order valence-corrected chi connectivity index (χ4v) is 0.612. The summed E-state index contributed by atoms with van der Waals surface area (Å²) >= 11 is 0. The van der Waals surface area contributed by atoms with Gasteiger partial charge < -0.3 is 0 Å². The Bertz CT molecular complexity index is 164. The van der Waals surface area contributed by atoms with Crippen molar-refractivity contribution in [1.29, 1.82) is 0 Å². The minimum atomic E-state index is 0.220. The van der Waals surface area contributed by atoms with E-state index in [1.807, 2.05) is 39.0 Å². The van der Waals surface area contributed by atoms with Crippen LogP contribution in [0.2, 0.25) is 0 Å². The quantitative estimate of drug-likeness (QED) is 0.432. The predicted octanol–water partition coefficient (Wildman–Crippen LogP) is 2.49. The molecule has 0 N–H and O–H groups in total. The van der Waals surface area contributed by atoms with Gasteiger partial charge in [0.05, 0.1) is 0 Å². The highest BCUT2D eigenvalue weighted by Crippen LogP contribution is 1.97. The number of hydrogen-bond acceptors (Lipinski definition) is 1. The van der Waals surface area contributed by atoms with E-state index in [9.17, 15) is 4.79 Å². The number of ketones is 1. The van der Waals surface area contributed by atoms with Crippen LogP contribution < -0.4 is 0 Å². The van der Waals surface area contributed by atoms with Crippen molar-refractivity contribution in [3.63, 3.8) is 0 Å². The van der Waals surface area contributed by atoms with Gasteiger partial charge in [0, 0.05) is 6.42 Å². The Kier molecular flexibility index (Phi) is 4.55. The molecule has 0 saturated heterocycles. The highest BCUT2D eigenvalue weighted by Gasteiger charge is 1.96. The van der Waals surface area contributed by atoms with Gasteiger partial charge in [0.15, 0.2) is 5.78 Å². The summed E-state index contributed by atoms with van der Waals surface area (Å²) in [6, 6.07) is 0. The topological polar surface area (TPSA) is 17.1 Å². The van der Waals surface area contributed by atoms with Gasteiger partial charge in [-0.05, 0) is 19.4 Å². The van der Waals surface area contributed by atoms with E-state index >= 15 is 0 Å². The molecular formula is C9H14O. The zero-order valence-electron chi connectivity index (χ0n) is 6.85. The highest BCUT2D eigenvalue weighted by molar-refractivity contribution is 5.94. The van der Waals surface area contributed by atoms with Gasteiger partial charge in [0.25, 0.3) is 0 Å². The number of rotatable bonds is 3. The van der Waals surface area contributed by atoms with Crippen LogP contribution in [0, 0.1) is 0 Å². The average Bonchev–Trinajstić information content (AvgIpc) is 1.98. The van der Waals surface area contributed by atoms with E-state index in [0.717, 1.165) is 5.57 Å². The first-order chi connectivity index (χ1) is 4.72. The summed E-state index contributed by atoms with van der Waals surface area (Å²) in [4.78, 5) is 10.9. The summed E-state index contributed by atoms with van der Waals surface area (Å²) in [5.74, 6) is 0.220. The van der Waals surface area contributed by atoms with Crippen molar-refractivity contribution in [2.24, 2.45) is 0 Å². The van der Waals surface area contributed by atoms with Crippen molar-refractivity contribution in [3.8, 4) is 0 Å². The SMILES string of the molecule is C/C=C\C=C(/C)C(=O)CC. The fourth-order valence-electron chi connectivity index (χ4n) is 0.612. The third-order valence-electron chi connectivity index (χ3n) is 1.30. The third kappa shape index (κ3) is 3.23. The highest BCUT2D eigenvalue weighted by atomic mass is 16.1. The van der Waals surface area contributed by atoms with Gasteiger partial charge in [-0.1, -0.05) is 25.2 Å². The Labute approximate surface area is 62.4 Å². The van der Waals surface area contributed by atoms with Crippen LogP contribution in [-0.4, -0.2) is 5.78 Å². The van der Waals surface area contributed by atoms with Crippen LogP contribution in [-0.2, 0) is 4.79 Å². The van der Waals surface area contributed by atoms with Crippen LogP contribution in [0.5, 0.6) is 0 Å². The molecule has 0 aromatic heterocycles. The molecule has 0 bridgehead atoms. The van der Waals surface area contributed by atoms with Gasteiger partial charge in [0.2, 0.25) is 0 Å². The van der Waals surface area contributed by atoms with E-state index in [2.05, 4.69) is 0 Å². The average molecular weight is 138 g/mol. The Morgan fingerprint density at radius 3 is 2.50 bits per heavy atom. The summed E-state index contributed by atoms with van der Waals surface area (Å²) in [6.07, 6.45) is 6.22. The lowest BCUT2D eigenvalue weighted by molar-refractivity contribution is -0.115. The maximum atomic E-state index is 10.9. The van der Waals surface area contributed by atoms with Crippen molar-refractivity contribution in [1.82, 2.24) is 0 Å². The minimum absolute atomic E-state index is 0.220. The molecule has 0 aromatic carbocycles. The van der Waals surface area contributed by atoms with E-state index < -0.39 is 0 Å². The summed E-state index contributed by atoms with van der Waals surface area (Å²) in [7, 11) is 0. The zero-order valence-corrected chi connectivity index (χ0v) is 6.85. The number of hydrogen-bond donors (Lipinski definition) is 0. The molecule has 0 unspecified atom stereocenters. The Morgan fingerprint density at radius 2 is 2.10 bits per heavy atom. The van der Waals surface area contributed by atoms with Crippen LogP contribution >= 0.6 is 0 Å². The van der Waals surface area contributed by atoms with Crippen LogP contribution in [0.1, 0.15) is 27.2 Å². The second-order valence-electron chi connectivity index (χ2n) is 2.15. The molecule has 10 heavy (non-hydrogen) atoms. The third-order valence-corrected chi connectivity index (χ3v) is 1.30. The summed E-state index contributed by atoms with van der Waals surface area (Å²) in [6.45, 7) is 5.64. The Hall–Kier alpha value is -0.850. The molecular weight excluding hydrogens is 124 g/mol. The van der Waals surface area contributed by atoms with Crippen LogP contribution in [0.4, 0.5) is 0 Å². The molecule has 0 atom stereocenters. The van der Waals surface area contributed by atoms with Gasteiger partial charge in [0.1, 0.15) is 0 Å². The molecule has 1 heteroatoms. The lowest BCUT2D eigenvalue weighted by Gasteiger charge is -1.92. The predicted molar refractivity (Wildman–Crippen MR) is 43.9 cm³/mol. The molecule has 0 fully saturated rings. The summed E-state index contributed by atoms with van der Waals surface area (Å²) < 4.78 is 0. The molecule has 56 valence electrons. The van der Waals surface area contributed by atoms with Gasteiger partial charge in [-0.3, -0.25) is 4.79 Å². The molecule has 0 rings (SSSR count). The fraction of sp³-hybridized carbons (Fsp3) is 0.444. The zero-order chi connectivity index (χ0) is 7.98. The number of carbonyl (C=O) groups excluding carboxylic acids is 1. The standard InChI is InChI=1S/C9H14O/c1-4-6-7-8(3)9(10)5-2/h4,6-7H,5H2,1-3H3/b6-4-,8-7+. The number of allylic oxidation sites excluding steroid dienone is 4. The van der Waals surface area contributed by atoms with Crippen LogP contribution in [0.3, 0.4) is 0 Å². The molecule has 0 radical (unpaired) electrons. The maximum Gasteiger partial charge on any atom is 0.158 e. The van der Waals surface area contributed by atoms with Crippen molar-refractivity contribution < 1.29 is 4.79 Å². The Morgan fingerprint density at radius 1 is 1.50 bits per heavy atom. The van der Waals surface area contributed by atoms with Crippen LogP contribution in [0.15, 0.2) is 23.8 Å². The summed E-state index contributed by atoms with van der Waals surface area (Å²) in [5, 5.41) is 0.